The number of likely N-dealkylation sites (tertiary alicyclic amines) is 1. The van der Waals surface area contributed by atoms with Crippen molar-refractivity contribution >= 4 is 12.0 Å². The molecule has 0 spiro atoms. The van der Waals surface area contributed by atoms with Gasteiger partial charge in [0.2, 0.25) is 0 Å². The highest BCUT2D eigenvalue weighted by atomic mass is 15.3. The van der Waals surface area contributed by atoms with Crippen molar-refractivity contribution in [1.82, 2.24) is 10.2 Å². The van der Waals surface area contributed by atoms with Crippen LogP contribution in [0.25, 0.3) is 6.08 Å². The predicted molar refractivity (Wildman–Crippen MR) is 93.9 cm³/mol. The molecule has 22 heavy (non-hydrogen) atoms. The summed E-state index contributed by atoms with van der Waals surface area (Å²) in [5.41, 5.74) is 2.87. The normalized spacial score (nSPS) is 19.2. The van der Waals surface area contributed by atoms with Gasteiger partial charge in [0.05, 0.1) is 0 Å². The molecule has 1 saturated carbocycles. The van der Waals surface area contributed by atoms with Crippen LogP contribution in [0.15, 0.2) is 40.9 Å². The van der Waals surface area contributed by atoms with Gasteiger partial charge in [0, 0.05) is 26.7 Å². The van der Waals surface area contributed by atoms with Crippen LogP contribution in [0, 0.1) is 5.92 Å². The smallest absolute Gasteiger partial charge is 0.193 e. The van der Waals surface area contributed by atoms with E-state index < -0.39 is 0 Å². The lowest BCUT2D eigenvalue weighted by atomic mass is 10.0. The van der Waals surface area contributed by atoms with Crippen LogP contribution < -0.4 is 5.32 Å². The molecular formula is C19H27N3. The monoisotopic (exact) mass is 297 g/mol. The zero-order valence-electron chi connectivity index (χ0n) is 13.6. The van der Waals surface area contributed by atoms with E-state index in [1.54, 1.807) is 5.57 Å². The van der Waals surface area contributed by atoms with Crippen molar-refractivity contribution in [2.45, 2.75) is 32.1 Å². The maximum atomic E-state index is 4.45. The van der Waals surface area contributed by atoms with Gasteiger partial charge in [-0.25, -0.2) is 0 Å². The number of hydrogen-bond acceptors (Lipinski definition) is 1. The number of nitrogens with zero attached hydrogens (tertiary/aromatic N) is 2. The molecule has 2 fully saturated rings. The molecule has 118 valence electrons. The third-order valence-corrected chi connectivity index (χ3v) is 4.62. The van der Waals surface area contributed by atoms with Crippen LogP contribution in [0.5, 0.6) is 0 Å². The van der Waals surface area contributed by atoms with E-state index in [9.17, 15) is 0 Å². The molecule has 0 bridgehead atoms. The van der Waals surface area contributed by atoms with Crippen LogP contribution in [0.4, 0.5) is 0 Å². The zero-order valence-corrected chi connectivity index (χ0v) is 13.6. The van der Waals surface area contributed by atoms with Crippen molar-refractivity contribution in [1.29, 1.82) is 0 Å². The highest BCUT2D eigenvalue weighted by Crippen LogP contribution is 2.31. The van der Waals surface area contributed by atoms with E-state index in [0.717, 1.165) is 44.4 Å². The second-order valence-corrected chi connectivity index (χ2v) is 6.41. The number of nitrogens with one attached hydrogen (secondary N) is 1. The molecule has 2 aliphatic rings. The van der Waals surface area contributed by atoms with Crippen molar-refractivity contribution < 1.29 is 0 Å². The minimum absolute atomic E-state index is 0.979. The average molecular weight is 297 g/mol. The summed E-state index contributed by atoms with van der Waals surface area (Å²) < 4.78 is 0. The number of hydrogen-bond donors (Lipinski definition) is 1. The Morgan fingerprint density at radius 1 is 1.23 bits per heavy atom. The van der Waals surface area contributed by atoms with E-state index in [4.69, 9.17) is 0 Å². The molecular weight excluding hydrogens is 270 g/mol. The predicted octanol–water partition coefficient (Wildman–Crippen LogP) is 3.54. The first-order valence-corrected chi connectivity index (χ1v) is 8.55. The van der Waals surface area contributed by atoms with Gasteiger partial charge in [0.25, 0.3) is 0 Å². The SMILES string of the molecule is CN=C(NCCC1CC1)N1CCC(=Cc2ccccc2)CC1. The van der Waals surface area contributed by atoms with Crippen molar-refractivity contribution in [3.63, 3.8) is 0 Å². The fourth-order valence-electron chi connectivity index (χ4n) is 3.06. The molecule has 1 aromatic rings. The van der Waals surface area contributed by atoms with Gasteiger partial charge < -0.3 is 10.2 Å². The van der Waals surface area contributed by atoms with Crippen LogP contribution >= 0.6 is 0 Å². The van der Waals surface area contributed by atoms with Gasteiger partial charge >= 0.3 is 0 Å². The van der Waals surface area contributed by atoms with Gasteiger partial charge in [-0.2, -0.15) is 0 Å². The molecule has 1 aliphatic carbocycles. The lowest BCUT2D eigenvalue weighted by molar-refractivity contribution is 0.375. The molecule has 1 saturated heterocycles. The van der Waals surface area contributed by atoms with Crippen LogP contribution in [-0.4, -0.2) is 37.5 Å². The minimum Gasteiger partial charge on any atom is -0.356 e. The van der Waals surface area contributed by atoms with Gasteiger partial charge in [-0.15, -0.1) is 0 Å². The summed E-state index contributed by atoms with van der Waals surface area (Å²) >= 11 is 0. The fourth-order valence-corrected chi connectivity index (χ4v) is 3.06. The number of aliphatic imine (C=N–C) groups is 1. The highest BCUT2D eigenvalue weighted by molar-refractivity contribution is 5.80. The van der Waals surface area contributed by atoms with Crippen LogP contribution in [0.3, 0.4) is 0 Å². The number of piperidine rings is 1. The number of guanidine groups is 1. The maximum Gasteiger partial charge on any atom is 0.193 e. The summed E-state index contributed by atoms with van der Waals surface area (Å²) in [5, 5.41) is 3.53. The molecule has 1 N–H and O–H groups in total. The Labute approximate surface area is 134 Å². The van der Waals surface area contributed by atoms with Gasteiger partial charge in [0.15, 0.2) is 5.96 Å². The second kappa shape index (κ2) is 7.48. The Morgan fingerprint density at radius 3 is 2.59 bits per heavy atom. The van der Waals surface area contributed by atoms with E-state index in [1.807, 2.05) is 7.05 Å². The molecule has 1 aromatic carbocycles. The molecule has 0 unspecified atom stereocenters. The molecule has 3 nitrogen and oxygen atoms in total. The van der Waals surface area contributed by atoms with Gasteiger partial charge in [0.1, 0.15) is 0 Å². The lowest BCUT2D eigenvalue weighted by Crippen LogP contribution is -2.44. The Hall–Kier alpha value is -1.77. The quantitative estimate of drug-likeness (QED) is 0.680. The zero-order chi connectivity index (χ0) is 15.2. The molecule has 0 atom stereocenters. The minimum atomic E-state index is 0.979. The topological polar surface area (TPSA) is 27.6 Å². The van der Waals surface area contributed by atoms with Crippen molar-refractivity contribution in [2.75, 3.05) is 26.7 Å². The first-order chi connectivity index (χ1) is 10.8. The van der Waals surface area contributed by atoms with Crippen molar-refractivity contribution in [3.05, 3.63) is 41.5 Å². The first kappa shape index (κ1) is 15.1. The van der Waals surface area contributed by atoms with E-state index in [0.29, 0.717) is 0 Å². The van der Waals surface area contributed by atoms with E-state index >= 15 is 0 Å². The summed E-state index contributed by atoms with van der Waals surface area (Å²) in [6.07, 6.45) is 8.78. The van der Waals surface area contributed by atoms with Gasteiger partial charge in [-0.1, -0.05) is 54.8 Å². The summed E-state index contributed by atoms with van der Waals surface area (Å²) in [6.45, 7) is 3.21. The third kappa shape index (κ3) is 4.36. The summed E-state index contributed by atoms with van der Waals surface area (Å²) in [5.74, 6) is 2.06. The van der Waals surface area contributed by atoms with Gasteiger partial charge in [-0.05, 0) is 30.7 Å². The molecule has 3 heteroatoms. The maximum absolute atomic E-state index is 4.45. The van der Waals surface area contributed by atoms with Crippen molar-refractivity contribution in [2.24, 2.45) is 10.9 Å². The number of rotatable bonds is 4. The Balaban J connectivity index is 1.48. The van der Waals surface area contributed by atoms with E-state index in [2.05, 4.69) is 51.6 Å². The van der Waals surface area contributed by atoms with Crippen LogP contribution in [-0.2, 0) is 0 Å². The van der Waals surface area contributed by atoms with Crippen LogP contribution in [0.1, 0.15) is 37.7 Å². The Kier molecular flexibility index (Phi) is 5.15. The van der Waals surface area contributed by atoms with E-state index in [1.165, 1.54) is 24.8 Å². The van der Waals surface area contributed by atoms with Crippen LogP contribution in [0.2, 0.25) is 0 Å². The summed E-state index contributed by atoms with van der Waals surface area (Å²) in [6, 6.07) is 10.6. The summed E-state index contributed by atoms with van der Waals surface area (Å²) in [7, 11) is 1.90. The number of benzene rings is 1. The largest absolute Gasteiger partial charge is 0.356 e. The molecule has 0 aromatic heterocycles. The third-order valence-electron chi connectivity index (χ3n) is 4.62. The Morgan fingerprint density at radius 2 is 1.95 bits per heavy atom. The Bertz CT molecular complexity index is 519. The average Bonchev–Trinajstić information content (AvgIpc) is 3.38. The first-order valence-electron chi connectivity index (χ1n) is 8.55. The molecule has 0 amide bonds. The lowest BCUT2D eigenvalue weighted by Gasteiger charge is -2.31. The second-order valence-electron chi connectivity index (χ2n) is 6.41. The van der Waals surface area contributed by atoms with Crippen molar-refractivity contribution in [3.8, 4) is 0 Å². The standard InChI is InChI=1S/C19H27N3/c1-20-19(21-12-9-16-7-8-16)22-13-10-18(11-14-22)15-17-5-3-2-4-6-17/h2-6,15-16H,7-14H2,1H3,(H,20,21). The fraction of sp³-hybridized carbons (Fsp3) is 0.526. The molecule has 3 rings (SSSR count). The molecule has 1 heterocycles. The van der Waals surface area contributed by atoms with Gasteiger partial charge in [-0.3, -0.25) is 4.99 Å². The molecule has 0 radical (unpaired) electrons. The molecule has 1 aliphatic heterocycles. The van der Waals surface area contributed by atoms with E-state index in [-0.39, 0.29) is 0 Å². The summed E-state index contributed by atoms with van der Waals surface area (Å²) in [4.78, 5) is 6.85. The highest BCUT2D eigenvalue weighted by Gasteiger charge is 2.21.